The molecule has 6 nitrogen and oxygen atoms in total. The Morgan fingerprint density at radius 2 is 1.86 bits per heavy atom. The molecule has 1 amide bonds. The van der Waals surface area contributed by atoms with Gasteiger partial charge in [0.25, 0.3) is 5.91 Å². The Morgan fingerprint density at radius 3 is 2.52 bits per heavy atom. The molecule has 0 saturated carbocycles. The molecule has 0 radical (unpaired) electrons. The topological polar surface area (TPSA) is 90.3 Å². The molecule has 2 atom stereocenters. The lowest BCUT2D eigenvalue weighted by molar-refractivity contribution is 0.102. The van der Waals surface area contributed by atoms with Gasteiger partial charge in [0.05, 0.1) is 27.1 Å². The maximum atomic E-state index is 13.1. The van der Waals surface area contributed by atoms with Crippen molar-refractivity contribution >= 4 is 33.2 Å². The molecule has 0 unspecified atom stereocenters. The third kappa shape index (κ3) is 4.78. The first-order chi connectivity index (χ1) is 13.7. The number of sulfonamides is 1. The highest BCUT2D eigenvalue weighted by molar-refractivity contribution is 7.89. The fraction of sp³-hybridized carbons (Fsp3) is 0.333. The highest BCUT2D eigenvalue weighted by atomic mass is 35.5. The minimum Gasteiger partial charge on any atom is -0.322 e. The van der Waals surface area contributed by atoms with Gasteiger partial charge in [-0.25, -0.2) is 8.42 Å². The number of anilines is 1. The summed E-state index contributed by atoms with van der Waals surface area (Å²) in [7, 11) is -3.73. The van der Waals surface area contributed by atoms with Gasteiger partial charge in [0, 0.05) is 18.8 Å². The zero-order valence-corrected chi connectivity index (χ0v) is 17.8. The molecular formula is C21H22ClN3O3S. The molecule has 3 rings (SSSR count). The van der Waals surface area contributed by atoms with Crippen LogP contribution in [0.25, 0.3) is 0 Å². The van der Waals surface area contributed by atoms with E-state index in [0.29, 0.717) is 24.3 Å². The third-order valence-electron chi connectivity index (χ3n) is 4.91. The third-order valence-corrected chi connectivity index (χ3v) is 7.06. The van der Waals surface area contributed by atoms with Crippen molar-refractivity contribution in [2.75, 3.05) is 18.4 Å². The standard InChI is InChI=1S/C21H22ClN3O3S/c1-14-8-15(2)13-25(12-14)29(27,28)18-6-7-20(22)19(10-18)21(26)24-17-5-3-4-16(9-17)11-23/h3-7,9-10,14-15H,8,12-13H2,1-2H3,(H,24,26)/t14-,15+. The van der Waals surface area contributed by atoms with Gasteiger partial charge in [-0.1, -0.05) is 31.5 Å². The number of nitrogens with one attached hydrogen (secondary N) is 1. The average Bonchev–Trinajstić information content (AvgIpc) is 2.67. The van der Waals surface area contributed by atoms with E-state index in [2.05, 4.69) is 5.32 Å². The van der Waals surface area contributed by atoms with Gasteiger partial charge in [-0.05, 0) is 54.7 Å². The van der Waals surface area contributed by atoms with Crippen molar-refractivity contribution in [1.29, 1.82) is 5.26 Å². The number of piperidine rings is 1. The number of benzene rings is 2. The maximum absolute atomic E-state index is 13.1. The van der Waals surface area contributed by atoms with Crippen molar-refractivity contribution in [3.8, 4) is 6.07 Å². The van der Waals surface area contributed by atoms with Crippen LogP contribution in [0.1, 0.15) is 36.2 Å². The van der Waals surface area contributed by atoms with E-state index in [0.717, 1.165) is 6.42 Å². The van der Waals surface area contributed by atoms with Gasteiger partial charge in [-0.15, -0.1) is 0 Å². The van der Waals surface area contributed by atoms with E-state index in [-0.39, 0.29) is 27.3 Å². The van der Waals surface area contributed by atoms with Crippen LogP contribution in [0.15, 0.2) is 47.4 Å². The fourth-order valence-corrected chi connectivity index (χ4v) is 5.56. The van der Waals surface area contributed by atoms with Gasteiger partial charge in [0.15, 0.2) is 0 Å². The lowest BCUT2D eigenvalue weighted by Gasteiger charge is -2.34. The molecule has 152 valence electrons. The molecule has 29 heavy (non-hydrogen) atoms. The van der Waals surface area contributed by atoms with Crippen molar-refractivity contribution in [2.45, 2.75) is 25.2 Å². The number of hydrogen-bond acceptors (Lipinski definition) is 4. The first-order valence-electron chi connectivity index (χ1n) is 9.32. The Hall–Kier alpha value is -2.40. The van der Waals surface area contributed by atoms with Crippen molar-refractivity contribution in [2.24, 2.45) is 11.8 Å². The highest BCUT2D eigenvalue weighted by Crippen LogP contribution is 2.29. The molecule has 1 N–H and O–H groups in total. The van der Waals surface area contributed by atoms with E-state index in [1.807, 2.05) is 19.9 Å². The fourth-order valence-electron chi connectivity index (χ4n) is 3.65. The quantitative estimate of drug-likeness (QED) is 0.787. The minimum absolute atomic E-state index is 0.0409. The van der Waals surface area contributed by atoms with Crippen LogP contribution in [-0.4, -0.2) is 31.7 Å². The lowest BCUT2D eigenvalue weighted by atomic mass is 9.94. The Kier molecular flexibility index (Phi) is 6.27. The Morgan fingerprint density at radius 1 is 1.17 bits per heavy atom. The van der Waals surface area contributed by atoms with E-state index < -0.39 is 15.9 Å². The maximum Gasteiger partial charge on any atom is 0.257 e. The van der Waals surface area contributed by atoms with Crippen LogP contribution in [0.3, 0.4) is 0 Å². The lowest BCUT2D eigenvalue weighted by Crippen LogP contribution is -2.42. The molecule has 0 aliphatic carbocycles. The number of rotatable bonds is 4. The van der Waals surface area contributed by atoms with E-state index in [1.165, 1.54) is 28.6 Å². The molecule has 1 heterocycles. The number of nitriles is 1. The summed E-state index contributed by atoms with van der Waals surface area (Å²) < 4.78 is 27.7. The van der Waals surface area contributed by atoms with Gasteiger partial charge < -0.3 is 5.32 Å². The molecule has 1 aliphatic rings. The summed E-state index contributed by atoms with van der Waals surface area (Å²) in [6.45, 7) is 4.98. The number of carbonyl (C=O) groups is 1. The molecule has 8 heteroatoms. The van der Waals surface area contributed by atoms with Crippen LogP contribution in [0.2, 0.25) is 5.02 Å². The average molecular weight is 432 g/mol. The van der Waals surface area contributed by atoms with Crippen LogP contribution >= 0.6 is 11.6 Å². The number of amides is 1. The molecule has 2 aromatic carbocycles. The molecular weight excluding hydrogens is 410 g/mol. The summed E-state index contributed by atoms with van der Waals surface area (Å²) in [5.41, 5.74) is 0.892. The Bertz CT molecular complexity index is 1070. The summed E-state index contributed by atoms with van der Waals surface area (Å²) in [6.07, 6.45) is 0.988. The Labute approximate surface area is 176 Å². The van der Waals surface area contributed by atoms with Crippen LogP contribution in [0, 0.1) is 23.2 Å². The number of halogens is 1. The number of nitrogens with zero attached hydrogens (tertiary/aromatic N) is 2. The first-order valence-corrected chi connectivity index (χ1v) is 11.1. The highest BCUT2D eigenvalue weighted by Gasteiger charge is 2.32. The molecule has 0 bridgehead atoms. The molecule has 1 aliphatic heterocycles. The first kappa shape index (κ1) is 21.3. The zero-order valence-electron chi connectivity index (χ0n) is 16.2. The van der Waals surface area contributed by atoms with Crippen molar-refractivity contribution in [3.63, 3.8) is 0 Å². The monoisotopic (exact) mass is 431 g/mol. The summed E-state index contributed by atoms with van der Waals surface area (Å²) >= 11 is 6.18. The van der Waals surface area contributed by atoms with E-state index >= 15 is 0 Å². The molecule has 0 spiro atoms. The van der Waals surface area contributed by atoms with Crippen LogP contribution < -0.4 is 5.32 Å². The summed E-state index contributed by atoms with van der Waals surface area (Å²) in [5.74, 6) is 0.00882. The SMILES string of the molecule is C[C@@H]1C[C@H](C)CN(S(=O)(=O)c2ccc(Cl)c(C(=O)Nc3cccc(C#N)c3)c2)C1. The predicted octanol–water partition coefficient (Wildman–Crippen LogP) is 4.13. The van der Waals surface area contributed by atoms with Gasteiger partial charge in [0.1, 0.15) is 0 Å². The second-order valence-electron chi connectivity index (χ2n) is 7.56. The molecule has 0 aromatic heterocycles. The van der Waals surface area contributed by atoms with E-state index in [1.54, 1.807) is 18.2 Å². The van der Waals surface area contributed by atoms with Crippen molar-refractivity contribution < 1.29 is 13.2 Å². The van der Waals surface area contributed by atoms with Gasteiger partial charge in [-0.3, -0.25) is 4.79 Å². The van der Waals surface area contributed by atoms with Crippen molar-refractivity contribution in [3.05, 3.63) is 58.6 Å². The summed E-state index contributed by atoms with van der Waals surface area (Å²) in [4.78, 5) is 12.7. The van der Waals surface area contributed by atoms with Crippen LogP contribution in [0.4, 0.5) is 5.69 Å². The summed E-state index contributed by atoms with van der Waals surface area (Å²) in [5, 5.41) is 11.8. The minimum atomic E-state index is -3.73. The van der Waals surface area contributed by atoms with Crippen LogP contribution in [-0.2, 0) is 10.0 Å². The van der Waals surface area contributed by atoms with Crippen molar-refractivity contribution in [1.82, 2.24) is 4.31 Å². The smallest absolute Gasteiger partial charge is 0.257 e. The Balaban J connectivity index is 1.89. The summed E-state index contributed by atoms with van der Waals surface area (Å²) in [6, 6.07) is 12.6. The van der Waals surface area contributed by atoms with E-state index in [4.69, 9.17) is 16.9 Å². The number of hydrogen-bond donors (Lipinski definition) is 1. The van der Waals surface area contributed by atoms with Gasteiger partial charge in [-0.2, -0.15) is 9.57 Å². The van der Waals surface area contributed by atoms with E-state index in [9.17, 15) is 13.2 Å². The van der Waals surface area contributed by atoms with Gasteiger partial charge in [0.2, 0.25) is 10.0 Å². The number of carbonyl (C=O) groups excluding carboxylic acids is 1. The normalized spacial score (nSPS) is 20.1. The van der Waals surface area contributed by atoms with Gasteiger partial charge >= 0.3 is 0 Å². The molecule has 1 saturated heterocycles. The second kappa shape index (κ2) is 8.54. The largest absolute Gasteiger partial charge is 0.322 e. The zero-order chi connectivity index (χ0) is 21.2. The predicted molar refractivity (Wildman–Crippen MR) is 112 cm³/mol. The molecule has 2 aromatic rings. The molecule has 1 fully saturated rings. The van der Waals surface area contributed by atoms with Crippen LogP contribution in [0.5, 0.6) is 0 Å². The second-order valence-corrected chi connectivity index (χ2v) is 9.90.